The molecule has 0 aromatic heterocycles. The van der Waals surface area contributed by atoms with Crippen molar-refractivity contribution in [3.63, 3.8) is 0 Å². The van der Waals surface area contributed by atoms with Crippen LogP contribution in [0.25, 0.3) is 0 Å². The lowest BCUT2D eigenvalue weighted by Gasteiger charge is -2.11. The van der Waals surface area contributed by atoms with Gasteiger partial charge in [0.1, 0.15) is 5.75 Å². The molecule has 1 aromatic rings. The van der Waals surface area contributed by atoms with E-state index in [2.05, 4.69) is 20.9 Å². The number of phenolic OH excluding ortho intramolecular Hbond substituents is 1. The Kier molecular flexibility index (Phi) is 3.72. The Bertz CT molecular complexity index is 453. The Morgan fingerprint density at radius 2 is 2.06 bits per heavy atom. The van der Waals surface area contributed by atoms with Gasteiger partial charge in [-0.15, -0.1) is 0 Å². The van der Waals surface area contributed by atoms with E-state index in [4.69, 9.17) is 0 Å². The molecule has 0 spiro atoms. The maximum absolute atomic E-state index is 12.4. The second kappa shape index (κ2) is 4.67. The van der Waals surface area contributed by atoms with E-state index >= 15 is 0 Å². The molecule has 0 amide bonds. The number of alkyl halides is 3. The summed E-state index contributed by atoms with van der Waals surface area (Å²) in [6, 6.07) is 1.99. The normalized spacial score (nSPS) is 11.0. The van der Waals surface area contributed by atoms with Crippen molar-refractivity contribution in [3.8, 4) is 5.75 Å². The van der Waals surface area contributed by atoms with E-state index in [-0.39, 0.29) is 16.6 Å². The third-order valence-corrected chi connectivity index (χ3v) is 2.36. The molecule has 0 saturated carbocycles. The molecule has 0 radical (unpaired) electrons. The van der Waals surface area contributed by atoms with Crippen LogP contribution in [0.5, 0.6) is 5.75 Å². The Hall–Kier alpha value is -1.33. The molecule has 0 saturated heterocycles. The topological polar surface area (TPSA) is 49.7 Å². The summed E-state index contributed by atoms with van der Waals surface area (Å²) in [5.41, 5.74) is -1.02. The molecule has 0 aliphatic rings. The average Bonchev–Trinajstić information content (AvgIpc) is 2.17. The van der Waals surface area contributed by atoms with Crippen molar-refractivity contribution >= 4 is 22.0 Å². The van der Waals surface area contributed by atoms with Gasteiger partial charge in [-0.05, 0) is 33.6 Å². The lowest BCUT2D eigenvalue weighted by Crippen LogP contribution is -2.06. The van der Waals surface area contributed by atoms with Crippen LogP contribution in [0.4, 0.5) is 13.2 Å². The maximum Gasteiger partial charge on any atom is 0.420 e. The van der Waals surface area contributed by atoms with E-state index in [0.717, 1.165) is 6.07 Å². The zero-order valence-corrected chi connectivity index (χ0v) is 9.26. The average molecular weight is 296 g/mol. The highest BCUT2D eigenvalue weighted by Gasteiger charge is 2.35. The number of rotatable bonds is 2. The fourth-order valence-corrected chi connectivity index (χ4v) is 1.59. The van der Waals surface area contributed by atoms with Crippen LogP contribution in [0.3, 0.4) is 0 Å². The summed E-state index contributed by atoms with van der Waals surface area (Å²) in [7, 11) is 0. The number of nitrogens with zero attached hydrogens (tertiary/aromatic N) is 1. The molecule has 0 aliphatic heterocycles. The third-order valence-electron chi connectivity index (χ3n) is 1.75. The molecule has 3 nitrogen and oxygen atoms in total. The summed E-state index contributed by atoms with van der Waals surface area (Å²) in [5.74, 6) is -0.883. The highest BCUT2D eigenvalue weighted by atomic mass is 79.9. The van der Waals surface area contributed by atoms with Crippen molar-refractivity contribution < 1.29 is 23.1 Å². The van der Waals surface area contributed by atoms with Crippen molar-refractivity contribution in [1.29, 1.82) is 0 Å². The first-order valence-corrected chi connectivity index (χ1v) is 4.77. The first-order chi connectivity index (χ1) is 7.36. The van der Waals surface area contributed by atoms with Crippen LogP contribution < -0.4 is 0 Å². The van der Waals surface area contributed by atoms with Crippen LogP contribution in [-0.4, -0.2) is 11.2 Å². The van der Waals surface area contributed by atoms with Gasteiger partial charge in [0.15, 0.2) is 0 Å². The van der Waals surface area contributed by atoms with Gasteiger partial charge in [-0.2, -0.15) is 13.2 Å². The molecule has 0 atom stereocenters. The number of halogens is 4. The molecule has 0 bridgehead atoms. The van der Waals surface area contributed by atoms with Crippen molar-refractivity contribution in [3.05, 3.63) is 27.7 Å². The van der Waals surface area contributed by atoms with E-state index in [1.807, 2.05) is 0 Å². The SMILES string of the molecule is O=C=NCc1cc(Br)c(O)c(C(F)(F)F)c1. The Morgan fingerprint density at radius 3 is 2.56 bits per heavy atom. The maximum atomic E-state index is 12.4. The van der Waals surface area contributed by atoms with Crippen LogP contribution in [0, 0.1) is 0 Å². The molecular weight excluding hydrogens is 291 g/mol. The van der Waals surface area contributed by atoms with Gasteiger partial charge in [0.2, 0.25) is 6.08 Å². The zero-order valence-electron chi connectivity index (χ0n) is 7.68. The zero-order chi connectivity index (χ0) is 12.3. The van der Waals surface area contributed by atoms with Gasteiger partial charge < -0.3 is 5.11 Å². The second-order valence-electron chi connectivity index (χ2n) is 2.88. The fraction of sp³-hybridized carbons (Fsp3) is 0.222. The van der Waals surface area contributed by atoms with E-state index in [9.17, 15) is 23.1 Å². The standard InChI is InChI=1S/C9H5BrF3NO2/c10-7-2-5(3-14-4-15)1-6(8(7)16)9(11,12)13/h1-2,16H,3H2. The van der Waals surface area contributed by atoms with Crippen LogP contribution in [0.2, 0.25) is 0 Å². The van der Waals surface area contributed by atoms with E-state index < -0.39 is 17.5 Å². The lowest BCUT2D eigenvalue weighted by molar-refractivity contribution is -0.138. The highest BCUT2D eigenvalue weighted by molar-refractivity contribution is 9.10. The molecule has 0 fully saturated rings. The third kappa shape index (κ3) is 2.84. The van der Waals surface area contributed by atoms with Gasteiger partial charge >= 0.3 is 6.18 Å². The Morgan fingerprint density at radius 1 is 1.44 bits per heavy atom. The van der Waals surface area contributed by atoms with Crippen LogP contribution in [0.1, 0.15) is 11.1 Å². The van der Waals surface area contributed by atoms with E-state index in [1.165, 1.54) is 12.1 Å². The summed E-state index contributed by atoms with van der Waals surface area (Å²) in [6.07, 6.45) is -3.43. The van der Waals surface area contributed by atoms with Gasteiger partial charge in [-0.25, -0.2) is 9.79 Å². The summed E-state index contributed by atoms with van der Waals surface area (Å²) in [6.45, 7) is -0.217. The first kappa shape index (κ1) is 12.7. The second-order valence-corrected chi connectivity index (χ2v) is 3.73. The number of benzene rings is 1. The number of carbonyl (C=O) groups excluding carboxylic acids is 1. The molecular formula is C9H5BrF3NO2. The molecule has 16 heavy (non-hydrogen) atoms. The number of phenols is 1. The van der Waals surface area contributed by atoms with E-state index in [0.29, 0.717) is 0 Å². The quantitative estimate of drug-likeness (QED) is 0.673. The minimum absolute atomic E-state index is 0.0987. The number of aliphatic imine (C=N–C) groups is 1. The molecule has 0 heterocycles. The van der Waals surface area contributed by atoms with Gasteiger partial charge in [0.05, 0.1) is 16.6 Å². The summed E-state index contributed by atoms with van der Waals surface area (Å²) in [5, 5.41) is 9.21. The van der Waals surface area contributed by atoms with E-state index in [1.54, 1.807) is 0 Å². The monoisotopic (exact) mass is 295 g/mol. The predicted molar refractivity (Wildman–Crippen MR) is 52.6 cm³/mol. The van der Waals surface area contributed by atoms with Gasteiger partial charge in [-0.1, -0.05) is 0 Å². The minimum Gasteiger partial charge on any atom is -0.506 e. The Balaban J connectivity index is 3.27. The molecule has 1 aromatic carbocycles. The first-order valence-electron chi connectivity index (χ1n) is 3.98. The molecule has 1 N–H and O–H groups in total. The smallest absolute Gasteiger partial charge is 0.420 e. The van der Waals surface area contributed by atoms with Crippen molar-refractivity contribution in [2.24, 2.45) is 4.99 Å². The fourth-order valence-electron chi connectivity index (χ4n) is 1.09. The number of aromatic hydroxyl groups is 1. The van der Waals surface area contributed by atoms with Crippen LogP contribution in [-0.2, 0) is 17.5 Å². The van der Waals surface area contributed by atoms with Crippen LogP contribution in [0.15, 0.2) is 21.6 Å². The molecule has 0 unspecified atom stereocenters. The van der Waals surface area contributed by atoms with Crippen molar-refractivity contribution in [2.75, 3.05) is 0 Å². The summed E-state index contributed by atoms with van der Waals surface area (Å²) in [4.78, 5) is 13.0. The van der Waals surface area contributed by atoms with Crippen LogP contribution >= 0.6 is 15.9 Å². The molecule has 7 heteroatoms. The largest absolute Gasteiger partial charge is 0.506 e. The van der Waals surface area contributed by atoms with Gasteiger partial charge in [0, 0.05) is 0 Å². The summed E-state index contributed by atoms with van der Waals surface area (Å²) < 4.78 is 37.2. The lowest BCUT2D eigenvalue weighted by atomic mass is 10.1. The van der Waals surface area contributed by atoms with Crippen molar-refractivity contribution in [1.82, 2.24) is 0 Å². The number of isocyanates is 1. The number of hydrogen-bond acceptors (Lipinski definition) is 3. The van der Waals surface area contributed by atoms with Gasteiger partial charge in [-0.3, -0.25) is 0 Å². The summed E-state index contributed by atoms with van der Waals surface area (Å²) >= 11 is 2.79. The predicted octanol–water partition coefficient (Wildman–Crippen LogP) is 3.01. The highest BCUT2D eigenvalue weighted by Crippen LogP contribution is 2.40. The Labute approximate surface area is 96.7 Å². The molecule has 1 rings (SSSR count). The van der Waals surface area contributed by atoms with Crippen molar-refractivity contribution in [2.45, 2.75) is 12.7 Å². The molecule has 0 aliphatic carbocycles. The van der Waals surface area contributed by atoms with Gasteiger partial charge in [0.25, 0.3) is 0 Å². The minimum atomic E-state index is -4.66. The molecule has 86 valence electrons. The number of hydrogen-bond donors (Lipinski definition) is 1.